The molecule has 8 heteroatoms. The van der Waals surface area contributed by atoms with Gasteiger partial charge in [0.15, 0.2) is 5.16 Å². The number of hydrogen-bond acceptors (Lipinski definition) is 6. The first-order valence-electron chi connectivity index (χ1n) is 7.10. The van der Waals surface area contributed by atoms with Crippen LogP contribution in [-0.2, 0) is 5.75 Å². The SMILES string of the molecule is N#Cc1c(-c2ccsc2)nc(SCc2cccc(C(=O)O)c2)[nH]c1=O. The molecule has 0 saturated heterocycles. The Kier molecular flexibility index (Phi) is 4.97. The summed E-state index contributed by atoms with van der Waals surface area (Å²) in [5.41, 5.74) is 1.58. The van der Waals surface area contributed by atoms with Crippen LogP contribution in [0.15, 0.2) is 51.0 Å². The number of nitriles is 1. The molecule has 2 N–H and O–H groups in total. The highest BCUT2D eigenvalue weighted by Crippen LogP contribution is 2.25. The highest BCUT2D eigenvalue weighted by atomic mass is 32.2. The van der Waals surface area contributed by atoms with Crippen LogP contribution in [0, 0.1) is 11.3 Å². The van der Waals surface area contributed by atoms with Gasteiger partial charge in [0.2, 0.25) is 0 Å². The maximum absolute atomic E-state index is 12.1. The van der Waals surface area contributed by atoms with Gasteiger partial charge >= 0.3 is 5.97 Å². The van der Waals surface area contributed by atoms with Crippen molar-refractivity contribution in [2.45, 2.75) is 10.9 Å². The van der Waals surface area contributed by atoms with Crippen molar-refractivity contribution in [3.63, 3.8) is 0 Å². The number of hydrogen-bond donors (Lipinski definition) is 2. The quantitative estimate of drug-likeness (QED) is 0.527. The lowest BCUT2D eigenvalue weighted by molar-refractivity contribution is 0.0697. The molecule has 0 bridgehead atoms. The van der Waals surface area contributed by atoms with E-state index in [1.165, 1.54) is 29.2 Å². The third kappa shape index (κ3) is 3.79. The normalized spacial score (nSPS) is 10.4. The zero-order chi connectivity index (χ0) is 17.8. The highest BCUT2D eigenvalue weighted by Gasteiger charge is 2.14. The number of aromatic nitrogens is 2. The van der Waals surface area contributed by atoms with Crippen molar-refractivity contribution < 1.29 is 9.90 Å². The molecule has 0 aliphatic carbocycles. The van der Waals surface area contributed by atoms with E-state index in [4.69, 9.17) is 5.11 Å². The Bertz CT molecular complexity index is 1020. The van der Waals surface area contributed by atoms with Crippen LogP contribution in [-0.4, -0.2) is 21.0 Å². The van der Waals surface area contributed by atoms with E-state index >= 15 is 0 Å². The molecule has 6 nitrogen and oxygen atoms in total. The summed E-state index contributed by atoms with van der Waals surface area (Å²) in [6.45, 7) is 0. The lowest BCUT2D eigenvalue weighted by Crippen LogP contribution is -2.14. The highest BCUT2D eigenvalue weighted by molar-refractivity contribution is 7.98. The molecular formula is C17H11N3O3S2. The Hall–Kier alpha value is -2.89. The second kappa shape index (κ2) is 7.34. The largest absolute Gasteiger partial charge is 0.478 e. The molecule has 1 aromatic carbocycles. The van der Waals surface area contributed by atoms with Crippen LogP contribution in [0.5, 0.6) is 0 Å². The van der Waals surface area contributed by atoms with E-state index < -0.39 is 11.5 Å². The predicted octanol–water partition coefficient (Wildman–Crippen LogP) is 3.36. The first-order chi connectivity index (χ1) is 12.1. The molecule has 0 unspecified atom stereocenters. The van der Waals surface area contributed by atoms with Crippen LogP contribution in [0.1, 0.15) is 21.5 Å². The number of nitrogens with zero attached hydrogens (tertiary/aromatic N) is 2. The molecule has 0 radical (unpaired) electrons. The number of thioether (sulfide) groups is 1. The van der Waals surface area contributed by atoms with Crippen molar-refractivity contribution in [1.82, 2.24) is 9.97 Å². The van der Waals surface area contributed by atoms with Gasteiger partial charge < -0.3 is 10.1 Å². The summed E-state index contributed by atoms with van der Waals surface area (Å²) in [5.74, 6) is -0.546. The van der Waals surface area contributed by atoms with E-state index in [0.29, 0.717) is 16.6 Å². The summed E-state index contributed by atoms with van der Waals surface area (Å²) < 4.78 is 0. The standard InChI is InChI=1S/C17H11N3O3S2/c18-7-13-14(12-4-5-24-9-12)19-17(20-15(13)21)25-8-10-2-1-3-11(6-10)16(22)23/h1-6,9H,8H2,(H,22,23)(H,19,20,21). The van der Waals surface area contributed by atoms with Crippen LogP contribution in [0.25, 0.3) is 11.3 Å². The maximum Gasteiger partial charge on any atom is 0.335 e. The molecule has 25 heavy (non-hydrogen) atoms. The number of aromatic amines is 1. The number of thiophene rings is 1. The third-order valence-electron chi connectivity index (χ3n) is 3.35. The molecule has 0 atom stereocenters. The fourth-order valence-corrected chi connectivity index (χ4v) is 3.62. The van der Waals surface area contributed by atoms with Gasteiger partial charge in [0.05, 0.1) is 11.3 Å². The van der Waals surface area contributed by atoms with Gasteiger partial charge in [-0.3, -0.25) is 4.79 Å². The molecule has 0 amide bonds. The second-order valence-corrected chi connectivity index (χ2v) is 6.76. The Morgan fingerprint density at radius 1 is 1.40 bits per heavy atom. The number of carboxylic acids is 1. The van der Waals surface area contributed by atoms with E-state index in [0.717, 1.165) is 11.1 Å². The van der Waals surface area contributed by atoms with Gasteiger partial charge in [-0.15, -0.1) is 0 Å². The average molecular weight is 369 g/mol. The zero-order valence-electron chi connectivity index (χ0n) is 12.7. The van der Waals surface area contributed by atoms with Gasteiger partial charge in [0.1, 0.15) is 11.6 Å². The van der Waals surface area contributed by atoms with Gasteiger partial charge in [0.25, 0.3) is 5.56 Å². The molecule has 0 aliphatic rings. The van der Waals surface area contributed by atoms with Crippen molar-refractivity contribution >= 4 is 29.1 Å². The minimum absolute atomic E-state index is 0.0179. The molecule has 0 aliphatic heterocycles. The van der Waals surface area contributed by atoms with Crippen LogP contribution in [0.2, 0.25) is 0 Å². The molecule has 0 saturated carbocycles. The summed E-state index contributed by atoms with van der Waals surface area (Å²) in [5, 5.41) is 22.3. The maximum atomic E-state index is 12.1. The van der Waals surface area contributed by atoms with Crippen LogP contribution < -0.4 is 5.56 Å². The van der Waals surface area contributed by atoms with Crippen LogP contribution >= 0.6 is 23.1 Å². The van der Waals surface area contributed by atoms with Gasteiger partial charge in [-0.05, 0) is 29.1 Å². The van der Waals surface area contributed by atoms with Gasteiger partial charge in [-0.2, -0.15) is 16.6 Å². The summed E-state index contributed by atoms with van der Waals surface area (Å²) >= 11 is 2.73. The van der Waals surface area contributed by atoms with Crippen molar-refractivity contribution in [3.05, 3.63) is 68.1 Å². The summed E-state index contributed by atoms with van der Waals surface area (Å²) in [7, 11) is 0. The molecule has 2 aromatic heterocycles. The van der Waals surface area contributed by atoms with Gasteiger partial charge in [-0.25, -0.2) is 9.78 Å². The average Bonchev–Trinajstić information content (AvgIpc) is 3.14. The summed E-state index contributed by atoms with van der Waals surface area (Å²) in [6.07, 6.45) is 0. The number of rotatable bonds is 5. The summed E-state index contributed by atoms with van der Waals surface area (Å²) in [6, 6.07) is 10.3. The van der Waals surface area contributed by atoms with Crippen molar-refractivity contribution in [3.8, 4) is 17.3 Å². The fraction of sp³-hybridized carbons (Fsp3) is 0.0588. The Morgan fingerprint density at radius 2 is 2.24 bits per heavy atom. The molecule has 3 aromatic rings. The van der Waals surface area contributed by atoms with E-state index in [9.17, 15) is 14.9 Å². The lowest BCUT2D eigenvalue weighted by Gasteiger charge is -2.06. The molecule has 0 fully saturated rings. The van der Waals surface area contributed by atoms with Crippen molar-refractivity contribution in [2.24, 2.45) is 0 Å². The number of benzene rings is 1. The minimum Gasteiger partial charge on any atom is -0.478 e. The van der Waals surface area contributed by atoms with Crippen molar-refractivity contribution in [1.29, 1.82) is 5.26 Å². The minimum atomic E-state index is -0.989. The monoisotopic (exact) mass is 369 g/mol. The third-order valence-corrected chi connectivity index (χ3v) is 4.98. The Labute approximate surface area is 150 Å². The molecule has 3 rings (SSSR count). The molecular weight excluding hydrogens is 358 g/mol. The Morgan fingerprint density at radius 3 is 2.92 bits per heavy atom. The first kappa shape index (κ1) is 17.0. The van der Waals surface area contributed by atoms with E-state index in [-0.39, 0.29) is 11.1 Å². The van der Waals surface area contributed by atoms with Gasteiger partial charge in [0, 0.05) is 16.7 Å². The number of aromatic carboxylic acids is 1. The Balaban J connectivity index is 1.89. The molecule has 124 valence electrons. The summed E-state index contributed by atoms with van der Waals surface area (Å²) in [4.78, 5) is 30.2. The second-order valence-electron chi connectivity index (χ2n) is 5.01. The van der Waals surface area contributed by atoms with Gasteiger partial charge in [-0.1, -0.05) is 23.9 Å². The number of carboxylic acid groups (broad SMARTS) is 1. The first-order valence-corrected chi connectivity index (χ1v) is 9.03. The van der Waals surface area contributed by atoms with E-state index in [2.05, 4.69) is 9.97 Å². The van der Waals surface area contributed by atoms with Crippen LogP contribution in [0.4, 0.5) is 0 Å². The zero-order valence-corrected chi connectivity index (χ0v) is 14.4. The van der Waals surface area contributed by atoms with Crippen LogP contribution in [0.3, 0.4) is 0 Å². The van der Waals surface area contributed by atoms with E-state index in [1.54, 1.807) is 24.3 Å². The fourth-order valence-electron chi connectivity index (χ4n) is 2.18. The smallest absolute Gasteiger partial charge is 0.335 e. The topological polar surface area (TPSA) is 107 Å². The lowest BCUT2D eigenvalue weighted by atomic mass is 10.1. The molecule has 2 heterocycles. The number of carbonyl (C=O) groups is 1. The predicted molar refractivity (Wildman–Crippen MR) is 95.8 cm³/mol. The molecule has 0 spiro atoms. The van der Waals surface area contributed by atoms with Crippen molar-refractivity contribution in [2.75, 3.05) is 0 Å². The number of H-pyrrole nitrogens is 1. The van der Waals surface area contributed by atoms with E-state index in [1.807, 2.05) is 16.8 Å². The number of nitrogens with one attached hydrogen (secondary N) is 1.